The van der Waals surface area contributed by atoms with Crippen LogP contribution in [0.4, 0.5) is 4.39 Å². The van der Waals surface area contributed by atoms with Crippen molar-refractivity contribution in [2.45, 2.75) is 13.2 Å². The van der Waals surface area contributed by atoms with Crippen LogP contribution in [-0.2, 0) is 22.7 Å². The molecule has 2 aromatic carbocycles. The molecule has 5 nitrogen and oxygen atoms in total. The quantitative estimate of drug-likeness (QED) is 0.650. The van der Waals surface area contributed by atoms with Gasteiger partial charge in [-0.15, -0.1) is 0 Å². The molecule has 0 saturated heterocycles. The highest BCUT2D eigenvalue weighted by Gasteiger charge is 2.11. The number of carbonyl (C=O) groups excluding carboxylic acids is 1. The molecule has 3 aromatic rings. The fourth-order valence-corrected chi connectivity index (χ4v) is 2.43. The van der Waals surface area contributed by atoms with Gasteiger partial charge in [-0.2, -0.15) is 0 Å². The van der Waals surface area contributed by atoms with E-state index in [1.807, 2.05) is 30.3 Å². The maximum Gasteiger partial charge on any atom is 0.248 e. The van der Waals surface area contributed by atoms with Crippen LogP contribution in [-0.4, -0.2) is 29.6 Å². The standard InChI is InChI=1S/C20H19FN2O3/c1-23(12-15-5-3-2-4-6-15)20(24)14-25-13-18-11-19(26-22-18)16-7-9-17(21)10-8-16/h2-11H,12-14H2,1H3. The minimum Gasteiger partial charge on any atom is -0.365 e. The number of hydrogen-bond acceptors (Lipinski definition) is 4. The van der Waals surface area contributed by atoms with Gasteiger partial charge in [-0.3, -0.25) is 4.79 Å². The predicted octanol–water partition coefficient (Wildman–Crippen LogP) is 3.66. The SMILES string of the molecule is CN(Cc1ccccc1)C(=O)COCc1cc(-c2ccc(F)cc2)on1. The van der Waals surface area contributed by atoms with Crippen LogP contribution in [0, 0.1) is 5.82 Å². The Morgan fingerprint density at radius 1 is 1.15 bits per heavy atom. The third kappa shape index (κ3) is 4.77. The molecule has 1 amide bonds. The molecule has 0 saturated carbocycles. The van der Waals surface area contributed by atoms with Gasteiger partial charge in [-0.05, 0) is 29.8 Å². The van der Waals surface area contributed by atoms with Gasteiger partial charge in [0.15, 0.2) is 5.76 Å². The molecule has 0 fully saturated rings. The molecule has 0 unspecified atom stereocenters. The Morgan fingerprint density at radius 2 is 1.88 bits per heavy atom. The molecular formula is C20H19FN2O3. The Labute approximate surface area is 151 Å². The monoisotopic (exact) mass is 354 g/mol. The second-order valence-corrected chi connectivity index (χ2v) is 5.92. The van der Waals surface area contributed by atoms with E-state index in [-0.39, 0.29) is 24.9 Å². The lowest BCUT2D eigenvalue weighted by Crippen LogP contribution is -2.29. The topological polar surface area (TPSA) is 55.6 Å². The average molecular weight is 354 g/mol. The molecule has 1 heterocycles. The van der Waals surface area contributed by atoms with Crippen molar-refractivity contribution >= 4 is 5.91 Å². The number of rotatable bonds is 7. The van der Waals surface area contributed by atoms with Gasteiger partial charge in [0, 0.05) is 25.2 Å². The highest BCUT2D eigenvalue weighted by Crippen LogP contribution is 2.20. The Morgan fingerprint density at radius 3 is 2.62 bits per heavy atom. The first-order chi connectivity index (χ1) is 12.6. The van der Waals surface area contributed by atoms with Crippen LogP contribution in [0.1, 0.15) is 11.3 Å². The first-order valence-electron chi connectivity index (χ1n) is 8.19. The first kappa shape index (κ1) is 17.8. The van der Waals surface area contributed by atoms with Gasteiger partial charge in [0.2, 0.25) is 5.91 Å². The first-order valence-corrected chi connectivity index (χ1v) is 8.19. The van der Waals surface area contributed by atoms with Crippen molar-refractivity contribution in [3.05, 3.63) is 77.7 Å². The van der Waals surface area contributed by atoms with Crippen molar-refractivity contribution in [2.24, 2.45) is 0 Å². The van der Waals surface area contributed by atoms with E-state index < -0.39 is 0 Å². The maximum atomic E-state index is 13.0. The molecule has 0 spiro atoms. The summed E-state index contributed by atoms with van der Waals surface area (Å²) < 4.78 is 23.6. The smallest absolute Gasteiger partial charge is 0.248 e. The van der Waals surface area contributed by atoms with Crippen LogP contribution < -0.4 is 0 Å². The van der Waals surface area contributed by atoms with Gasteiger partial charge in [0.25, 0.3) is 0 Å². The van der Waals surface area contributed by atoms with Crippen molar-refractivity contribution < 1.29 is 18.4 Å². The number of carbonyl (C=O) groups is 1. The van der Waals surface area contributed by atoms with Crippen LogP contribution >= 0.6 is 0 Å². The Hall–Kier alpha value is -2.99. The summed E-state index contributed by atoms with van der Waals surface area (Å²) in [6.07, 6.45) is 0. The van der Waals surface area contributed by atoms with Crippen LogP contribution in [0.15, 0.2) is 65.2 Å². The Bertz CT molecular complexity index is 847. The van der Waals surface area contributed by atoms with E-state index in [1.54, 1.807) is 30.1 Å². The summed E-state index contributed by atoms with van der Waals surface area (Å²) in [5.74, 6) is 0.0992. The lowest BCUT2D eigenvalue weighted by atomic mass is 10.1. The second kappa shape index (κ2) is 8.40. The summed E-state index contributed by atoms with van der Waals surface area (Å²) >= 11 is 0. The third-order valence-corrected chi connectivity index (χ3v) is 3.85. The summed E-state index contributed by atoms with van der Waals surface area (Å²) in [4.78, 5) is 13.7. The lowest BCUT2D eigenvalue weighted by molar-refractivity contribution is -0.135. The van der Waals surface area contributed by atoms with Crippen LogP contribution in [0.25, 0.3) is 11.3 Å². The van der Waals surface area contributed by atoms with Gasteiger partial charge < -0.3 is 14.2 Å². The fourth-order valence-electron chi connectivity index (χ4n) is 2.43. The lowest BCUT2D eigenvalue weighted by Gasteiger charge is -2.17. The molecule has 3 rings (SSSR count). The molecule has 0 radical (unpaired) electrons. The highest BCUT2D eigenvalue weighted by atomic mass is 19.1. The molecule has 0 aliphatic carbocycles. The number of hydrogen-bond donors (Lipinski definition) is 0. The van der Waals surface area contributed by atoms with E-state index >= 15 is 0 Å². The van der Waals surface area contributed by atoms with Crippen molar-refractivity contribution in [2.75, 3.05) is 13.7 Å². The fraction of sp³-hybridized carbons (Fsp3) is 0.200. The molecule has 0 bridgehead atoms. The van der Waals surface area contributed by atoms with Gasteiger partial charge in [0.05, 0.1) is 6.61 Å². The number of aromatic nitrogens is 1. The van der Waals surface area contributed by atoms with E-state index in [4.69, 9.17) is 9.26 Å². The summed E-state index contributed by atoms with van der Waals surface area (Å²) in [6, 6.07) is 17.4. The molecule has 0 aliphatic rings. The summed E-state index contributed by atoms with van der Waals surface area (Å²) in [7, 11) is 1.74. The number of amides is 1. The van der Waals surface area contributed by atoms with Crippen molar-refractivity contribution in [1.29, 1.82) is 0 Å². The second-order valence-electron chi connectivity index (χ2n) is 5.92. The van der Waals surface area contributed by atoms with Crippen LogP contribution in [0.3, 0.4) is 0 Å². The zero-order valence-electron chi connectivity index (χ0n) is 14.4. The minimum atomic E-state index is -0.310. The molecule has 0 atom stereocenters. The molecule has 0 aliphatic heterocycles. The van der Waals surface area contributed by atoms with Crippen molar-refractivity contribution in [3.8, 4) is 11.3 Å². The van der Waals surface area contributed by atoms with E-state index in [1.165, 1.54) is 12.1 Å². The number of ether oxygens (including phenoxy) is 1. The van der Waals surface area contributed by atoms with Gasteiger partial charge in [-0.1, -0.05) is 35.5 Å². The van der Waals surface area contributed by atoms with Crippen LogP contribution in [0.2, 0.25) is 0 Å². The summed E-state index contributed by atoms with van der Waals surface area (Å²) in [6.45, 7) is 0.652. The number of halogens is 1. The number of likely N-dealkylation sites (N-methyl/N-ethyl adjacent to an activating group) is 1. The predicted molar refractivity (Wildman–Crippen MR) is 94.5 cm³/mol. The molecular weight excluding hydrogens is 335 g/mol. The average Bonchev–Trinajstić information content (AvgIpc) is 3.12. The van der Waals surface area contributed by atoms with Gasteiger partial charge in [0.1, 0.15) is 18.1 Å². The van der Waals surface area contributed by atoms with E-state index in [0.717, 1.165) is 11.1 Å². The summed E-state index contributed by atoms with van der Waals surface area (Å²) in [5.41, 5.74) is 2.36. The van der Waals surface area contributed by atoms with E-state index in [2.05, 4.69) is 5.16 Å². The molecule has 6 heteroatoms. The zero-order valence-corrected chi connectivity index (χ0v) is 14.4. The zero-order chi connectivity index (χ0) is 18.4. The van der Waals surface area contributed by atoms with Gasteiger partial charge >= 0.3 is 0 Å². The number of nitrogens with zero attached hydrogens (tertiary/aromatic N) is 2. The molecule has 26 heavy (non-hydrogen) atoms. The third-order valence-electron chi connectivity index (χ3n) is 3.85. The largest absolute Gasteiger partial charge is 0.365 e. The highest BCUT2D eigenvalue weighted by molar-refractivity contribution is 5.77. The van der Waals surface area contributed by atoms with Gasteiger partial charge in [-0.25, -0.2) is 4.39 Å². The Kier molecular flexibility index (Phi) is 5.76. The van der Waals surface area contributed by atoms with Crippen molar-refractivity contribution in [1.82, 2.24) is 10.1 Å². The maximum absolute atomic E-state index is 13.0. The van der Waals surface area contributed by atoms with Crippen molar-refractivity contribution in [3.63, 3.8) is 0 Å². The summed E-state index contributed by atoms with van der Waals surface area (Å²) in [5, 5.41) is 3.91. The molecule has 0 N–H and O–H groups in total. The van der Waals surface area contributed by atoms with E-state index in [0.29, 0.717) is 18.0 Å². The molecule has 1 aromatic heterocycles. The van der Waals surface area contributed by atoms with Crippen LogP contribution in [0.5, 0.6) is 0 Å². The minimum absolute atomic E-state index is 0.0396. The molecule has 134 valence electrons. The Balaban J connectivity index is 1.47. The number of benzene rings is 2. The van der Waals surface area contributed by atoms with E-state index in [9.17, 15) is 9.18 Å². The normalized spacial score (nSPS) is 10.7.